The number of nitrogens with zero attached hydrogens (tertiary/aromatic N) is 5. The zero-order chi connectivity index (χ0) is 28.5. The molecule has 2 aliphatic rings. The molecule has 3 aromatic carbocycles. The zero-order valence-electron chi connectivity index (χ0n) is 20.9. The van der Waals surface area contributed by atoms with Crippen molar-refractivity contribution in [3.8, 4) is 28.4 Å². The number of phenols is 1. The van der Waals surface area contributed by atoms with E-state index < -0.39 is 11.9 Å². The van der Waals surface area contributed by atoms with Crippen molar-refractivity contribution in [1.82, 2.24) is 14.4 Å². The zero-order valence-corrected chi connectivity index (χ0v) is 22.5. The predicted octanol–water partition coefficient (Wildman–Crippen LogP) is 6.79. The Bertz CT molecular complexity index is 2040. The van der Waals surface area contributed by atoms with Gasteiger partial charge in [0.2, 0.25) is 0 Å². The molecule has 1 N–H and O–H groups in total. The molecule has 0 unspecified atom stereocenters. The number of hydrogen-bond donors (Lipinski definition) is 1. The molecule has 5 aromatic rings. The number of fused-ring (bicyclic) bond motifs is 3. The van der Waals surface area contributed by atoms with Gasteiger partial charge in [-0.05, 0) is 36.5 Å². The third kappa shape index (κ3) is 3.82. The predicted molar refractivity (Wildman–Crippen MR) is 156 cm³/mol. The van der Waals surface area contributed by atoms with Crippen molar-refractivity contribution in [1.29, 1.82) is 0 Å². The number of allylic oxidation sites excluding steroid dienone is 2. The SMILES string of the molecule is O=[N+]([O-])c1ccc2nc(-c3cc(Br)cc(C4=C5C=CC=[N+]5[B-](F)(F)n5cccc54)c3O)nc(-c3ccccc3)c2c1. The molecule has 0 radical (unpaired) electrons. The Morgan fingerprint density at radius 1 is 1.00 bits per heavy atom. The van der Waals surface area contributed by atoms with Crippen LogP contribution in [0.4, 0.5) is 14.3 Å². The summed E-state index contributed by atoms with van der Waals surface area (Å²) in [7, 11) is 0. The van der Waals surface area contributed by atoms with Gasteiger partial charge >= 0.3 is 6.97 Å². The number of nitro groups is 1. The number of hydrogen-bond acceptors (Lipinski definition) is 5. The maximum absolute atomic E-state index is 15.3. The highest BCUT2D eigenvalue weighted by atomic mass is 79.9. The maximum Gasteiger partial charge on any atom is 0.737 e. The van der Waals surface area contributed by atoms with Gasteiger partial charge in [0, 0.05) is 51.0 Å². The molecule has 2 aromatic heterocycles. The topological polar surface area (TPSA) is 97.1 Å². The van der Waals surface area contributed by atoms with Crippen molar-refractivity contribution < 1.29 is 23.1 Å². The summed E-state index contributed by atoms with van der Waals surface area (Å²) in [6.07, 6.45) is 5.79. The number of aromatic nitrogens is 3. The highest BCUT2D eigenvalue weighted by Gasteiger charge is 2.51. The molecule has 0 fully saturated rings. The minimum absolute atomic E-state index is 0.100. The molecule has 0 bridgehead atoms. The van der Waals surface area contributed by atoms with Gasteiger partial charge in [-0.25, -0.2) is 9.97 Å². The van der Waals surface area contributed by atoms with Crippen LogP contribution in [-0.4, -0.2) is 42.1 Å². The summed E-state index contributed by atoms with van der Waals surface area (Å²) in [4.78, 5) is 20.5. The third-order valence-electron chi connectivity index (χ3n) is 7.26. The molecule has 41 heavy (non-hydrogen) atoms. The lowest BCUT2D eigenvalue weighted by atomic mass is 9.86. The first kappa shape index (κ1) is 25.0. The number of aromatic hydroxyl groups is 1. The first-order valence-electron chi connectivity index (χ1n) is 12.5. The Morgan fingerprint density at radius 2 is 1.78 bits per heavy atom. The molecule has 0 atom stereocenters. The number of phenolic OH excluding ortho intramolecular Hbond substituents is 1. The highest BCUT2D eigenvalue weighted by Crippen LogP contribution is 2.45. The van der Waals surface area contributed by atoms with E-state index >= 15 is 8.63 Å². The summed E-state index contributed by atoms with van der Waals surface area (Å²) in [6, 6.07) is 20.0. The number of non-ortho nitro benzene ring substituents is 1. The molecule has 0 amide bonds. The molecule has 0 spiro atoms. The van der Waals surface area contributed by atoms with Gasteiger partial charge in [0.15, 0.2) is 11.5 Å². The molecular formula is C29H17BBrF2N5O3. The average molecular weight is 612 g/mol. The summed E-state index contributed by atoms with van der Waals surface area (Å²) in [5, 5.41) is 23.7. The van der Waals surface area contributed by atoms with E-state index in [9.17, 15) is 15.2 Å². The van der Waals surface area contributed by atoms with E-state index in [2.05, 4.69) is 20.9 Å². The van der Waals surface area contributed by atoms with Crippen molar-refractivity contribution in [2.75, 3.05) is 0 Å². The van der Waals surface area contributed by atoms with Gasteiger partial charge in [0.05, 0.1) is 27.3 Å². The van der Waals surface area contributed by atoms with Crippen LogP contribution in [0.15, 0.2) is 101 Å². The Hall–Kier alpha value is -4.97. The molecule has 0 saturated heterocycles. The minimum atomic E-state index is -4.11. The van der Waals surface area contributed by atoms with Crippen LogP contribution in [0.25, 0.3) is 39.1 Å². The molecule has 200 valence electrons. The standard InChI is InChI=1S/C29H17BBrF2N5O3/c31-18-14-21(26-24-8-4-12-36(24)30(32,33)37-13-5-9-25(26)37)28(39)22(15-18)29-34-23-11-10-19(38(40)41)16-20(23)27(35-29)17-6-2-1-3-7-17/h1-16,39H. The summed E-state index contributed by atoms with van der Waals surface area (Å²) < 4.78 is 33.1. The van der Waals surface area contributed by atoms with Crippen LogP contribution in [0.3, 0.4) is 0 Å². The number of benzene rings is 3. The van der Waals surface area contributed by atoms with E-state index in [1.54, 1.807) is 42.5 Å². The first-order chi connectivity index (χ1) is 19.7. The second-order valence-corrected chi connectivity index (χ2v) is 10.6. The molecular weight excluding hydrogens is 595 g/mol. The van der Waals surface area contributed by atoms with Crippen molar-refractivity contribution in [3.63, 3.8) is 0 Å². The van der Waals surface area contributed by atoms with E-state index in [4.69, 9.17) is 4.98 Å². The lowest BCUT2D eigenvalue weighted by molar-refractivity contribution is -0.384. The Labute approximate surface area is 239 Å². The van der Waals surface area contributed by atoms with Gasteiger partial charge in [0.25, 0.3) is 5.69 Å². The Kier molecular flexibility index (Phi) is 5.51. The number of halogens is 3. The lowest BCUT2D eigenvalue weighted by Crippen LogP contribution is -2.49. The van der Waals surface area contributed by atoms with Gasteiger partial charge in [0.1, 0.15) is 12.0 Å². The van der Waals surface area contributed by atoms with Crippen molar-refractivity contribution in [3.05, 3.63) is 123 Å². The quantitative estimate of drug-likeness (QED) is 0.137. The fourth-order valence-electron chi connectivity index (χ4n) is 5.42. The molecule has 8 nitrogen and oxygen atoms in total. The maximum atomic E-state index is 15.3. The van der Waals surface area contributed by atoms with Crippen molar-refractivity contribution >= 4 is 51.3 Å². The van der Waals surface area contributed by atoms with E-state index in [0.717, 1.165) is 8.96 Å². The van der Waals surface area contributed by atoms with Gasteiger partial charge in [-0.3, -0.25) is 10.1 Å². The van der Waals surface area contributed by atoms with Crippen LogP contribution in [0.1, 0.15) is 11.3 Å². The number of nitro benzene ring substituents is 1. The second-order valence-electron chi connectivity index (χ2n) is 9.63. The Morgan fingerprint density at radius 3 is 2.56 bits per heavy atom. The van der Waals surface area contributed by atoms with E-state index in [0.29, 0.717) is 37.8 Å². The summed E-state index contributed by atoms with van der Waals surface area (Å²) in [6.45, 7) is -4.11. The van der Waals surface area contributed by atoms with Crippen LogP contribution in [0, 0.1) is 10.1 Å². The molecule has 2 aliphatic heterocycles. The lowest BCUT2D eigenvalue weighted by Gasteiger charge is -2.31. The van der Waals surface area contributed by atoms with Gasteiger partial charge < -0.3 is 22.7 Å². The summed E-state index contributed by atoms with van der Waals surface area (Å²) in [5.74, 6) is -0.0244. The molecule has 12 heteroatoms. The summed E-state index contributed by atoms with van der Waals surface area (Å²) >= 11 is 3.52. The molecule has 0 aliphatic carbocycles. The fourth-order valence-corrected chi connectivity index (χ4v) is 5.88. The normalized spacial score (nSPS) is 15.1. The van der Waals surface area contributed by atoms with Crippen molar-refractivity contribution in [2.24, 2.45) is 0 Å². The number of rotatable bonds is 4. The Balaban J connectivity index is 1.49. The molecule has 4 heterocycles. The van der Waals surface area contributed by atoms with E-state index in [1.807, 2.05) is 30.3 Å². The van der Waals surface area contributed by atoms with Crippen LogP contribution in [0.5, 0.6) is 5.75 Å². The van der Waals surface area contributed by atoms with Gasteiger partial charge in [-0.2, -0.15) is 0 Å². The first-order valence-corrected chi connectivity index (χ1v) is 13.3. The monoisotopic (exact) mass is 611 g/mol. The molecule has 7 rings (SSSR count). The van der Waals surface area contributed by atoms with Crippen LogP contribution >= 0.6 is 15.9 Å². The van der Waals surface area contributed by atoms with E-state index in [1.165, 1.54) is 24.5 Å². The van der Waals surface area contributed by atoms with Crippen LogP contribution < -0.4 is 0 Å². The largest absolute Gasteiger partial charge is 0.737 e. The van der Waals surface area contributed by atoms with Gasteiger partial charge in [-0.15, -0.1) is 0 Å². The molecule has 0 saturated carbocycles. The summed E-state index contributed by atoms with van der Waals surface area (Å²) in [5.41, 5.74) is 3.02. The van der Waals surface area contributed by atoms with Crippen LogP contribution in [0.2, 0.25) is 0 Å². The second kappa shape index (κ2) is 9.03. The smallest absolute Gasteiger partial charge is 0.507 e. The van der Waals surface area contributed by atoms with Crippen LogP contribution in [-0.2, 0) is 0 Å². The van der Waals surface area contributed by atoms with Gasteiger partial charge in [-0.1, -0.05) is 46.3 Å². The highest BCUT2D eigenvalue weighted by molar-refractivity contribution is 9.10. The van der Waals surface area contributed by atoms with Crippen molar-refractivity contribution in [2.45, 2.75) is 0 Å². The third-order valence-corrected chi connectivity index (χ3v) is 7.72. The van der Waals surface area contributed by atoms with E-state index in [-0.39, 0.29) is 34.2 Å². The fraction of sp³-hybridized carbons (Fsp3) is 0. The average Bonchev–Trinajstić information content (AvgIpc) is 3.66. The minimum Gasteiger partial charge on any atom is -0.507 e.